The van der Waals surface area contributed by atoms with Gasteiger partial charge in [0.15, 0.2) is 5.82 Å². The van der Waals surface area contributed by atoms with E-state index in [0.29, 0.717) is 36.0 Å². The first kappa shape index (κ1) is 21.0. The quantitative estimate of drug-likeness (QED) is 0.713. The molecule has 3 heterocycles. The van der Waals surface area contributed by atoms with Crippen molar-refractivity contribution in [2.75, 3.05) is 23.9 Å². The Labute approximate surface area is 177 Å². The number of aromatic nitrogens is 2. The number of imidazole rings is 1. The molecule has 0 radical (unpaired) electrons. The van der Waals surface area contributed by atoms with Crippen LogP contribution in [0.2, 0.25) is 0 Å². The minimum Gasteiger partial charge on any atom is -0.491 e. The molecule has 1 unspecified atom stereocenters. The molecule has 1 saturated heterocycles. The summed E-state index contributed by atoms with van der Waals surface area (Å²) in [5.41, 5.74) is 6.58. The van der Waals surface area contributed by atoms with E-state index in [9.17, 15) is 18.4 Å². The molecule has 0 saturated carbocycles. The molecule has 4 rings (SSSR count). The number of amides is 2. The number of nitrogens with two attached hydrogens (primary N) is 1. The van der Waals surface area contributed by atoms with Gasteiger partial charge in [-0.2, -0.15) is 0 Å². The highest BCUT2D eigenvalue weighted by Gasteiger charge is 2.46. The van der Waals surface area contributed by atoms with Gasteiger partial charge in [-0.15, -0.1) is 0 Å². The largest absolute Gasteiger partial charge is 0.491 e. The third-order valence-electron chi connectivity index (χ3n) is 5.51. The van der Waals surface area contributed by atoms with Crippen molar-refractivity contribution in [1.29, 1.82) is 0 Å². The highest BCUT2D eigenvalue weighted by molar-refractivity contribution is 5.99. The van der Waals surface area contributed by atoms with Gasteiger partial charge in [0.1, 0.15) is 36.4 Å². The zero-order valence-corrected chi connectivity index (χ0v) is 17.0. The molecule has 2 aliphatic rings. The third kappa shape index (κ3) is 3.80. The lowest BCUT2D eigenvalue weighted by Crippen LogP contribution is -2.39. The minimum atomic E-state index is -2.72. The van der Waals surface area contributed by atoms with Crippen LogP contribution in [-0.4, -0.2) is 59.7 Å². The zero-order valence-electron chi connectivity index (χ0n) is 17.0. The number of fused-ring (bicyclic) bond motifs is 3. The molecule has 1 fully saturated rings. The average molecular weight is 435 g/mol. The monoisotopic (exact) mass is 435 g/mol. The summed E-state index contributed by atoms with van der Waals surface area (Å²) in [4.78, 5) is 29.5. The first-order valence-corrected chi connectivity index (χ1v) is 9.84. The SMILES string of the molecule is CO[C@H]1CC(C(F)F)N(c2cn3c(n2)-c2ccc(N[C@@H](C)C(N)=O)cc2OCC3)C1=O. The Morgan fingerprint density at radius 3 is 2.87 bits per heavy atom. The molecule has 9 nitrogen and oxygen atoms in total. The number of carbonyl (C=O) groups excluding carboxylic acids is 2. The van der Waals surface area contributed by atoms with Gasteiger partial charge >= 0.3 is 0 Å². The van der Waals surface area contributed by atoms with Gasteiger partial charge in [-0.1, -0.05) is 0 Å². The zero-order chi connectivity index (χ0) is 22.3. The van der Waals surface area contributed by atoms with E-state index in [1.54, 1.807) is 35.9 Å². The van der Waals surface area contributed by atoms with Crippen LogP contribution in [0.15, 0.2) is 24.4 Å². The van der Waals surface area contributed by atoms with Gasteiger partial charge in [-0.3, -0.25) is 14.5 Å². The molecule has 1 aromatic carbocycles. The molecule has 1 aromatic heterocycles. The molecule has 3 N–H and O–H groups in total. The predicted octanol–water partition coefficient (Wildman–Crippen LogP) is 1.61. The Morgan fingerprint density at radius 2 is 2.19 bits per heavy atom. The lowest BCUT2D eigenvalue weighted by Gasteiger charge is -2.21. The van der Waals surface area contributed by atoms with E-state index in [1.807, 2.05) is 0 Å². The minimum absolute atomic E-state index is 0.0953. The van der Waals surface area contributed by atoms with Crippen molar-refractivity contribution < 1.29 is 27.8 Å². The summed E-state index contributed by atoms with van der Waals surface area (Å²) in [7, 11) is 1.33. The smallest absolute Gasteiger partial charge is 0.259 e. The highest BCUT2D eigenvalue weighted by atomic mass is 19.3. The van der Waals surface area contributed by atoms with Gasteiger partial charge in [0, 0.05) is 31.5 Å². The number of hydrogen-bond donors (Lipinski definition) is 2. The molecular formula is C20H23F2N5O4. The van der Waals surface area contributed by atoms with Crippen molar-refractivity contribution in [2.45, 2.75) is 44.5 Å². The van der Waals surface area contributed by atoms with Crippen LogP contribution in [0.25, 0.3) is 11.4 Å². The van der Waals surface area contributed by atoms with Crippen molar-refractivity contribution in [2.24, 2.45) is 5.73 Å². The van der Waals surface area contributed by atoms with E-state index in [-0.39, 0.29) is 12.2 Å². The molecule has 166 valence electrons. The molecule has 2 aromatic rings. The maximum atomic E-state index is 13.6. The second-order valence-electron chi connectivity index (χ2n) is 7.51. The van der Waals surface area contributed by atoms with Crippen LogP contribution in [0.5, 0.6) is 5.75 Å². The van der Waals surface area contributed by atoms with Crippen LogP contribution in [0.1, 0.15) is 13.3 Å². The number of nitrogens with one attached hydrogen (secondary N) is 1. The summed E-state index contributed by atoms with van der Waals surface area (Å²) in [5.74, 6) is 0.151. The van der Waals surface area contributed by atoms with Crippen molar-refractivity contribution in [1.82, 2.24) is 9.55 Å². The number of ether oxygens (including phenoxy) is 2. The molecule has 31 heavy (non-hydrogen) atoms. The summed E-state index contributed by atoms with van der Waals surface area (Å²) in [5, 5.41) is 2.99. The molecule has 2 amide bonds. The van der Waals surface area contributed by atoms with E-state index in [2.05, 4.69) is 10.3 Å². The third-order valence-corrected chi connectivity index (χ3v) is 5.51. The Kier molecular flexibility index (Phi) is 5.52. The number of methoxy groups -OCH3 is 1. The van der Waals surface area contributed by atoms with E-state index in [4.69, 9.17) is 15.2 Å². The topological polar surface area (TPSA) is 112 Å². The Hall–Kier alpha value is -3.21. The van der Waals surface area contributed by atoms with Gasteiger partial charge in [-0.05, 0) is 19.1 Å². The van der Waals surface area contributed by atoms with Crippen LogP contribution in [-0.2, 0) is 20.9 Å². The number of hydrogen-bond acceptors (Lipinski definition) is 6. The van der Waals surface area contributed by atoms with Crippen LogP contribution in [0, 0.1) is 0 Å². The molecule has 3 atom stereocenters. The Morgan fingerprint density at radius 1 is 1.42 bits per heavy atom. The first-order valence-electron chi connectivity index (χ1n) is 9.84. The van der Waals surface area contributed by atoms with E-state index >= 15 is 0 Å². The Balaban J connectivity index is 1.69. The van der Waals surface area contributed by atoms with Crippen LogP contribution < -0.4 is 20.7 Å². The number of anilines is 2. The van der Waals surface area contributed by atoms with E-state index in [1.165, 1.54) is 7.11 Å². The van der Waals surface area contributed by atoms with Gasteiger partial charge in [-0.25, -0.2) is 13.8 Å². The van der Waals surface area contributed by atoms with Gasteiger partial charge in [0.25, 0.3) is 12.3 Å². The molecule has 0 bridgehead atoms. The van der Waals surface area contributed by atoms with Gasteiger partial charge in [0.2, 0.25) is 5.91 Å². The van der Waals surface area contributed by atoms with Crippen LogP contribution in [0.3, 0.4) is 0 Å². The average Bonchev–Trinajstić information content (AvgIpc) is 3.24. The number of halogens is 2. The van der Waals surface area contributed by atoms with Crippen LogP contribution in [0.4, 0.5) is 20.3 Å². The summed E-state index contributed by atoms with van der Waals surface area (Å²) >= 11 is 0. The summed E-state index contributed by atoms with van der Waals surface area (Å²) < 4.78 is 39.9. The Bertz CT molecular complexity index is 1010. The number of carbonyl (C=O) groups is 2. The highest BCUT2D eigenvalue weighted by Crippen LogP contribution is 2.38. The first-order chi connectivity index (χ1) is 14.8. The fourth-order valence-corrected chi connectivity index (χ4v) is 3.83. The van der Waals surface area contributed by atoms with Crippen molar-refractivity contribution >= 4 is 23.3 Å². The standard InChI is InChI=1S/C20H23F2N5O4/c1-10(18(23)28)24-11-3-4-12-14(7-11)31-6-5-26-9-16(25-19(12)26)27-13(17(21)22)8-15(30-2)20(27)29/h3-4,7,9-10,13,15,17,24H,5-6,8H2,1-2H3,(H2,23,28)/t10-,13?,15-/m0/s1. The number of rotatable bonds is 6. The predicted molar refractivity (Wildman–Crippen MR) is 108 cm³/mol. The van der Waals surface area contributed by atoms with E-state index in [0.717, 1.165) is 4.90 Å². The lowest BCUT2D eigenvalue weighted by atomic mass is 10.1. The summed E-state index contributed by atoms with van der Waals surface area (Å²) in [6, 6.07) is 3.36. The molecule has 0 aliphatic carbocycles. The fraction of sp³-hybridized carbons (Fsp3) is 0.450. The molecular weight excluding hydrogens is 412 g/mol. The molecule has 2 aliphatic heterocycles. The van der Waals surface area contributed by atoms with Crippen molar-refractivity contribution in [3.05, 3.63) is 24.4 Å². The number of alkyl halides is 2. The maximum Gasteiger partial charge on any atom is 0.259 e. The summed E-state index contributed by atoms with van der Waals surface area (Å²) in [6.45, 7) is 2.39. The normalized spacial score (nSPS) is 21.3. The van der Waals surface area contributed by atoms with Gasteiger partial charge in [0.05, 0.1) is 12.1 Å². The summed E-state index contributed by atoms with van der Waals surface area (Å²) in [6.07, 6.45) is -2.15. The van der Waals surface area contributed by atoms with Crippen molar-refractivity contribution in [3.8, 4) is 17.1 Å². The molecule has 0 spiro atoms. The second-order valence-corrected chi connectivity index (χ2v) is 7.51. The van der Waals surface area contributed by atoms with Crippen LogP contribution >= 0.6 is 0 Å². The number of primary amides is 1. The number of benzene rings is 1. The number of nitrogens with zero attached hydrogens (tertiary/aromatic N) is 3. The molecule has 11 heteroatoms. The lowest BCUT2D eigenvalue weighted by molar-refractivity contribution is -0.125. The maximum absolute atomic E-state index is 13.6. The second kappa shape index (κ2) is 8.14. The van der Waals surface area contributed by atoms with Crippen molar-refractivity contribution in [3.63, 3.8) is 0 Å². The van der Waals surface area contributed by atoms with E-state index < -0.39 is 36.4 Å². The van der Waals surface area contributed by atoms with Gasteiger partial charge < -0.3 is 25.1 Å². The fourth-order valence-electron chi connectivity index (χ4n) is 3.83.